The number of phenolic OH excluding ortho intramolecular Hbond substituents is 1. The first kappa shape index (κ1) is 15.7. The number of allylic oxidation sites excluding steroid dienone is 2. The van der Waals surface area contributed by atoms with Gasteiger partial charge < -0.3 is 15.3 Å². The van der Waals surface area contributed by atoms with E-state index >= 15 is 0 Å². The van der Waals surface area contributed by atoms with Gasteiger partial charge in [0.05, 0.1) is 18.6 Å². The number of hydrogen-bond donors (Lipinski definition) is 3. The van der Waals surface area contributed by atoms with Gasteiger partial charge in [0, 0.05) is 5.41 Å². The van der Waals surface area contributed by atoms with Gasteiger partial charge in [-0.15, -0.1) is 0 Å². The lowest BCUT2D eigenvalue weighted by molar-refractivity contribution is -0.123. The molecule has 1 fully saturated rings. The van der Waals surface area contributed by atoms with Crippen molar-refractivity contribution in [3.8, 4) is 11.8 Å². The third kappa shape index (κ3) is 1.86. The minimum Gasteiger partial charge on any atom is -0.508 e. The summed E-state index contributed by atoms with van der Waals surface area (Å²) in [5, 5.41) is 40.5. The third-order valence-corrected chi connectivity index (χ3v) is 6.94. The van der Waals surface area contributed by atoms with Crippen molar-refractivity contribution in [2.45, 2.75) is 50.7 Å². The monoisotopic (exact) mass is 325 g/mol. The van der Waals surface area contributed by atoms with E-state index in [0.717, 1.165) is 12.8 Å². The van der Waals surface area contributed by atoms with E-state index in [1.165, 1.54) is 16.7 Å². The summed E-state index contributed by atoms with van der Waals surface area (Å²) in [4.78, 5) is 0. The first-order valence-electron chi connectivity index (χ1n) is 8.70. The van der Waals surface area contributed by atoms with Crippen molar-refractivity contribution in [1.82, 2.24) is 0 Å². The number of aryl methyl sites for hydroxylation is 1. The highest BCUT2D eigenvalue weighted by Crippen LogP contribution is 2.63. The molecular formula is C20H23NO3. The highest BCUT2D eigenvalue weighted by molar-refractivity contribution is 5.74. The van der Waals surface area contributed by atoms with Crippen LogP contribution in [-0.2, 0) is 6.42 Å². The molecule has 0 heterocycles. The van der Waals surface area contributed by atoms with Crippen molar-refractivity contribution in [1.29, 1.82) is 5.26 Å². The summed E-state index contributed by atoms with van der Waals surface area (Å²) in [6.07, 6.45) is 4.38. The largest absolute Gasteiger partial charge is 0.508 e. The molecule has 0 saturated heterocycles. The molecule has 4 nitrogen and oxygen atoms in total. The van der Waals surface area contributed by atoms with E-state index in [4.69, 9.17) is 5.26 Å². The molecule has 0 aromatic heterocycles. The van der Waals surface area contributed by atoms with Gasteiger partial charge >= 0.3 is 0 Å². The summed E-state index contributed by atoms with van der Waals surface area (Å²) < 4.78 is 0. The van der Waals surface area contributed by atoms with Crippen molar-refractivity contribution in [2.24, 2.45) is 17.3 Å². The molecule has 3 aliphatic carbocycles. The number of aromatic hydroxyl groups is 1. The number of benzene rings is 1. The fourth-order valence-corrected chi connectivity index (χ4v) is 5.51. The first-order valence-corrected chi connectivity index (χ1v) is 8.70. The Labute approximate surface area is 142 Å². The van der Waals surface area contributed by atoms with E-state index in [2.05, 4.69) is 12.1 Å². The van der Waals surface area contributed by atoms with E-state index in [1.54, 1.807) is 6.07 Å². The lowest BCUT2D eigenvalue weighted by Gasteiger charge is -2.49. The molecular weight excluding hydrogens is 302 g/mol. The lowest BCUT2D eigenvalue weighted by atomic mass is 9.56. The van der Waals surface area contributed by atoms with Gasteiger partial charge in [-0.1, -0.05) is 19.1 Å². The van der Waals surface area contributed by atoms with Crippen molar-refractivity contribution >= 4 is 5.57 Å². The second-order valence-corrected chi connectivity index (χ2v) is 7.88. The summed E-state index contributed by atoms with van der Waals surface area (Å²) >= 11 is 0. The van der Waals surface area contributed by atoms with Crippen molar-refractivity contribution < 1.29 is 15.3 Å². The minimum atomic E-state index is -1.33. The van der Waals surface area contributed by atoms with Crippen LogP contribution < -0.4 is 0 Å². The number of nitriles is 1. The fraction of sp³-hybridized carbons (Fsp3) is 0.550. The van der Waals surface area contributed by atoms with Gasteiger partial charge in [-0.25, -0.2) is 0 Å². The van der Waals surface area contributed by atoms with Gasteiger partial charge in [-0.2, -0.15) is 5.26 Å². The molecule has 126 valence electrons. The Hall–Kier alpha value is -1.83. The van der Waals surface area contributed by atoms with Crippen LogP contribution in [0.3, 0.4) is 0 Å². The minimum absolute atomic E-state index is 0.0263. The van der Waals surface area contributed by atoms with Crippen LogP contribution in [0.25, 0.3) is 5.57 Å². The van der Waals surface area contributed by atoms with E-state index in [-0.39, 0.29) is 12.3 Å². The number of fused-ring (bicyclic) bond motifs is 5. The Morgan fingerprint density at radius 3 is 2.92 bits per heavy atom. The van der Waals surface area contributed by atoms with Crippen LogP contribution in [0.4, 0.5) is 0 Å². The topological polar surface area (TPSA) is 84.5 Å². The first-order chi connectivity index (χ1) is 11.4. The normalized spacial score (nSPS) is 40.1. The Morgan fingerprint density at radius 2 is 2.17 bits per heavy atom. The highest BCUT2D eigenvalue weighted by atomic mass is 16.3. The summed E-state index contributed by atoms with van der Waals surface area (Å²) in [5.74, 6) is 0.768. The zero-order valence-corrected chi connectivity index (χ0v) is 13.9. The molecule has 1 aromatic rings. The standard InChI is InChI=1S/C20H23NO3/c1-19-7-6-15-14-5-3-13(22)10-12(14)2-4-16(15)17(19)11-18(23)20(19,24)8-9-21/h3,5-6,10,16-18,22-24H,2,4,7-8,11H2,1H3/t16-,17+,18-,19+,20-/m1/s1. The summed E-state index contributed by atoms with van der Waals surface area (Å²) in [7, 11) is 0. The quantitative estimate of drug-likeness (QED) is 0.741. The smallest absolute Gasteiger partial charge is 0.115 e. The number of aliphatic hydroxyl groups is 2. The van der Waals surface area contributed by atoms with Gasteiger partial charge in [0.15, 0.2) is 0 Å². The molecule has 0 bridgehead atoms. The van der Waals surface area contributed by atoms with Gasteiger partial charge in [-0.05, 0) is 66.4 Å². The molecule has 5 atom stereocenters. The molecule has 4 heteroatoms. The zero-order valence-electron chi connectivity index (χ0n) is 13.9. The predicted molar refractivity (Wildman–Crippen MR) is 89.9 cm³/mol. The average Bonchev–Trinajstić information content (AvgIpc) is 2.75. The number of hydrogen-bond acceptors (Lipinski definition) is 4. The maximum atomic E-state index is 11.1. The SMILES string of the molecule is C[C@]12CC=C3c4ccc(O)cc4CC[C@H]3[C@@H]1C[C@@H](O)[C@]2(O)CC#N. The highest BCUT2D eigenvalue weighted by Gasteiger charge is 2.64. The number of aliphatic hydroxyl groups excluding tert-OH is 1. The zero-order chi connectivity index (χ0) is 17.1. The van der Waals surface area contributed by atoms with E-state index in [9.17, 15) is 15.3 Å². The maximum Gasteiger partial charge on any atom is 0.115 e. The Bertz CT molecular complexity index is 765. The average molecular weight is 325 g/mol. The van der Waals surface area contributed by atoms with Crippen LogP contribution in [-0.4, -0.2) is 27.0 Å². The fourth-order valence-electron chi connectivity index (χ4n) is 5.51. The van der Waals surface area contributed by atoms with Crippen LogP contribution in [0.1, 0.15) is 43.7 Å². The summed E-state index contributed by atoms with van der Waals surface area (Å²) in [6.45, 7) is 2.03. The second-order valence-electron chi connectivity index (χ2n) is 7.88. The molecule has 0 aliphatic heterocycles. The van der Waals surface area contributed by atoms with Crippen molar-refractivity contribution in [2.75, 3.05) is 0 Å². The summed E-state index contributed by atoms with van der Waals surface area (Å²) in [6, 6.07) is 7.63. The second kappa shape index (κ2) is 5.08. The molecule has 0 spiro atoms. The van der Waals surface area contributed by atoms with Crippen LogP contribution >= 0.6 is 0 Å². The number of phenols is 1. The number of nitrogens with zero attached hydrogens (tertiary/aromatic N) is 1. The Kier molecular flexibility index (Phi) is 3.32. The third-order valence-electron chi connectivity index (χ3n) is 6.94. The van der Waals surface area contributed by atoms with Gasteiger partial charge in [0.25, 0.3) is 0 Å². The lowest BCUT2D eigenvalue weighted by Crippen LogP contribution is -2.52. The van der Waals surface area contributed by atoms with Gasteiger partial charge in [0.1, 0.15) is 11.4 Å². The van der Waals surface area contributed by atoms with Crippen LogP contribution in [0.2, 0.25) is 0 Å². The van der Waals surface area contributed by atoms with Crippen molar-refractivity contribution in [3.05, 3.63) is 35.4 Å². The number of rotatable bonds is 1. The van der Waals surface area contributed by atoms with Crippen LogP contribution in [0.15, 0.2) is 24.3 Å². The molecule has 0 radical (unpaired) electrons. The molecule has 1 aromatic carbocycles. The van der Waals surface area contributed by atoms with Crippen molar-refractivity contribution in [3.63, 3.8) is 0 Å². The van der Waals surface area contributed by atoms with E-state index in [1.807, 2.05) is 19.1 Å². The molecule has 1 saturated carbocycles. The van der Waals surface area contributed by atoms with E-state index in [0.29, 0.717) is 24.5 Å². The molecule has 4 rings (SSSR count). The Morgan fingerprint density at radius 1 is 1.38 bits per heavy atom. The van der Waals surface area contributed by atoms with E-state index < -0.39 is 17.1 Å². The predicted octanol–water partition coefficient (Wildman–Crippen LogP) is 2.77. The molecule has 0 unspecified atom stereocenters. The van der Waals surface area contributed by atoms with Crippen LogP contribution in [0, 0.1) is 28.6 Å². The maximum absolute atomic E-state index is 11.1. The Balaban J connectivity index is 1.79. The molecule has 24 heavy (non-hydrogen) atoms. The summed E-state index contributed by atoms with van der Waals surface area (Å²) in [5.41, 5.74) is 1.85. The van der Waals surface area contributed by atoms with Gasteiger partial charge in [-0.3, -0.25) is 0 Å². The van der Waals surface area contributed by atoms with Gasteiger partial charge in [0.2, 0.25) is 0 Å². The molecule has 3 aliphatic rings. The van der Waals surface area contributed by atoms with Crippen LogP contribution in [0.5, 0.6) is 5.75 Å². The molecule has 0 amide bonds. The molecule has 3 N–H and O–H groups in total.